The summed E-state index contributed by atoms with van der Waals surface area (Å²) < 4.78 is 95.6. The van der Waals surface area contributed by atoms with E-state index in [0.29, 0.717) is 6.07 Å². The van der Waals surface area contributed by atoms with E-state index < -0.39 is 64.7 Å². The minimum absolute atomic E-state index is 0.459. The number of halogens is 7. The van der Waals surface area contributed by atoms with Crippen LogP contribution in [0, 0.1) is 40.7 Å². The van der Waals surface area contributed by atoms with Crippen molar-refractivity contribution in [3.63, 3.8) is 0 Å². The number of benzene rings is 2. The molecule has 0 spiro atoms. The third-order valence-corrected chi connectivity index (χ3v) is 2.72. The van der Waals surface area contributed by atoms with Gasteiger partial charge in [-0.15, -0.1) is 0 Å². The second-order valence-electron chi connectivity index (χ2n) is 4.36. The molecule has 0 heterocycles. The molecule has 3 nitrogen and oxygen atoms in total. The fourth-order valence-electron chi connectivity index (χ4n) is 1.63. The second kappa shape index (κ2) is 6.77. The molecule has 0 fully saturated rings. The summed E-state index contributed by atoms with van der Waals surface area (Å²) in [5.74, 6) is -16.3. The maximum atomic E-state index is 13.3. The number of carbonyl (C=O) groups excluding carboxylic acids is 1. The van der Waals surface area contributed by atoms with Gasteiger partial charge in [-0.05, 0) is 12.1 Å². The van der Waals surface area contributed by atoms with Gasteiger partial charge in [0.15, 0.2) is 12.4 Å². The van der Waals surface area contributed by atoms with E-state index in [0.717, 1.165) is 12.1 Å². The average molecular weight is 353 g/mol. The summed E-state index contributed by atoms with van der Waals surface area (Å²) in [6, 6.07) is 2.14. The zero-order valence-corrected chi connectivity index (χ0v) is 11.4. The number of carbonyl (C=O) groups is 1. The summed E-state index contributed by atoms with van der Waals surface area (Å²) >= 11 is 0. The molecule has 0 saturated carbocycles. The minimum Gasteiger partial charge on any atom is -0.477 e. The standard InChI is InChI=1S/C14H6F7NO2/c15-5-1-2-7(6(16)3-5)22-8(23)4-24-14-12(20)10(18)9(17)11(19)13(14)21/h1-3H,4H2,(H,22,23). The number of ether oxygens (including phenoxy) is 1. The van der Waals surface area contributed by atoms with Crippen LogP contribution in [0.5, 0.6) is 5.75 Å². The van der Waals surface area contributed by atoms with Crippen LogP contribution in [0.25, 0.3) is 0 Å². The molecule has 2 rings (SSSR count). The third-order valence-electron chi connectivity index (χ3n) is 2.72. The summed E-state index contributed by atoms with van der Waals surface area (Å²) in [5, 5.41) is 1.88. The molecule has 0 aliphatic carbocycles. The van der Waals surface area contributed by atoms with E-state index in [-0.39, 0.29) is 0 Å². The lowest BCUT2D eigenvalue weighted by Crippen LogP contribution is -2.22. The second-order valence-corrected chi connectivity index (χ2v) is 4.36. The topological polar surface area (TPSA) is 38.3 Å². The molecule has 0 aromatic heterocycles. The zero-order valence-electron chi connectivity index (χ0n) is 11.4. The highest BCUT2D eigenvalue weighted by atomic mass is 19.2. The van der Waals surface area contributed by atoms with Gasteiger partial charge in [-0.1, -0.05) is 0 Å². The van der Waals surface area contributed by atoms with Crippen molar-refractivity contribution in [1.82, 2.24) is 0 Å². The molecule has 0 aliphatic rings. The summed E-state index contributed by atoms with van der Waals surface area (Å²) in [6.07, 6.45) is 0. The Balaban J connectivity index is 2.12. The predicted octanol–water partition coefficient (Wildman–Crippen LogP) is 3.68. The lowest BCUT2D eigenvalue weighted by molar-refractivity contribution is -0.118. The zero-order chi connectivity index (χ0) is 18.0. The fourth-order valence-corrected chi connectivity index (χ4v) is 1.63. The molecule has 1 amide bonds. The lowest BCUT2D eigenvalue weighted by atomic mass is 10.2. The minimum atomic E-state index is -2.38. The van der Waals surface area contributed by atoms with Gasteiger partial charge in [-0.2, -0.15) is 8.78 Å². The summed E-state index contributed by atoms with van der Waals surface area (Å²) in [4.78, 5) is 11.5. The smallest absolute Gasteiger partial charge is 0.262 e. The maximum Gasteiger partial charge on any atom is 0.262 e. The number of nitrogens with one attached hydrogen (secondary N) is 1. The highest BCUT2D eigenvalue weighted by molar-refractivity contribution is 5.91. The molecule has 128 valence electrons. The molecule has 0 unspecified atom stereocenters. The van der Waals surface area contributed by atoms with Crippen molar-refractivity contribution < 1.29 is 40.3 Å². The van der Waals surface area contributed by atoms with Gasteiger partial charge < -0.3 is 10.1 Å². The van der Waals surface area contributed by atoms with Crippen LogP contribution in [-0.4, -0.2) is 12.5 Å². The van der Waals surface area contributed by atoms with Crippen molar-refractivity contribution in [2.24, 2.45) is 0 Å². The van der Waals surface area contributed by atoms with Gasteiger partial charge in [0.2, 0.25) is 29.1 Å². The Labute approximate surface area is 129 Å². The number of amides is 1. The molecule has 0 bridgehead atoms. The van der Waals surface area contributed by atoms with Crippen molar-refractivity contribution in [3.05, 3.63) is 58.9 Å². The third kappa shape index (κ3) is 3.42. The molecule has 0 radical (unpaired) electrons. The molecule has 2 aromatic rings. The highest BCUT2D eigenvalue weighted by Crippen LogP contribution is 2.29. The number of hydrogen-bond donors (Lipinski definition) is 1. The summed E-state index contributed by atoms with van der Waals surface area (Å²) in [5.41, 5.74) is -0.470. The number of anilines is 1. The molecule has 10 heteroatoms. The van der Waals surface area contributed by atoms with Crippen molar-refractivity contribution in [3.8, 4) is 5.75 Å². The normalized spacial score (nSPS) is 10.6. The molecule has 24 heavy (non-hydrogen) atoms. The Morgan fingerprint density at radius 2 is 1.42 bits per heavy atom. The molecule has 1 N–H and O–H groups in total. The number of rotatable bonds is 4. The first-order chi connectivity index (χ1) is 11.2. The van der Waals surface area contributed by atoms with Crippen molar-refractivity contribution in [2.75, 3.05) is 11.9 Å². The monoisotopic (exact) mass is 353 g/mol. The van der Waals surface area contributed by atoms with E-state index in [1.165, 1.54) is 0 Å². The Kier molecular flexibility index (Phi) is 4.96. The Bertz CT molecular complexity index is 781. The Morgan fingerprint density at radius 1 is 0.875 bits per heavy atom. The van der Waals surface area contributed by atoms with Gasteiger partial charge in [0.25, 0.3) is 5.91 Å². The van der Waals surface area contributed by atoms with Gasteiger partial charge in [0, 0.05) is 6.07 Å². The lowest BCUT2D eigenvalue weighted by Gasteiger charge is -2.11. The van der Waals surface area contributed by atoms with E-state index in [1.807, 2.05) is 5.32 Å². The maximum absolute atomic E-state index is 13.3. The summed E-state index contributed by atoms with van der Waals surface area (Å²) in [7, 11) is 0. The van der Waals surface area contributed by atoms with Crippen LogP contribution in [-0.2, 0) is 4.79 Å². The van der Waals surface area contributed by atoms with Crippen LogP contribution in [0.2, 0.25) is 0 Å². The van der Waals surface area contributed by atoms with E-state index in [2.05, 4.69) is 4.74 Å². The van der Waals surface area contributed by atoms with Gasteiger partial charge in [0.05, 0.1) is 5.69 Å². The quantitative estimate of drug-likeness (QED) is 0.517. The molecular weight excluding hydrogens is 347 g/mol. The van der Waals surface area contributed by atoms with E-state index in [1.54, 1.807) is 0 Å². The molecule has 0 atom stereocenters. The molecule has 0 aliphatic heterocycles. The van der Waals surface area contributed by atoms with Crippen LogP contribution >= 0.6 is 0 Å². The first-order valence-electron chi connectivity index (χ1n) is 6.11. The fraction of sp³-hybridized carbons (Fsp3) is 0.0714. The van der Waals surface area contributed by atoms with Crippen molar-refractivity contribution >= 4 is 11.6 Å². The SMILES string of the molecule is O=C(COc1c(F)c(F)c(F)c(F)c1F)Nc1ccc(F)cc1F. The highest BCUT2D eigenvalue weighted by Gasteiger charge is 2.27. The van der Waals surface area contributed by atoms with Crippen molar-refractivity contribution in [1.29, 1.82) is 0 Å². The van der Waals surface area contributed by atoms with Gasteiger partial charge in [0.1, 0.15) is 11.6 Å². The van der Waals surface area contributed by atoms with Crippen molar-refractivity contribution in [2.45, 2.75) is 0 Å². The van der Waals surface area contributed by atoms with Crippen LogP contribution in [0.15, 0.2) is 18.2 Å². The average Bonchev–Trinajstić information content (AvgIpc) is 2.53. The van der Waals surface area contributed by atoms with Crippen LogP contribution in [0.1, 0.15) is 0 Å². The largest absolute Gasteiger partial charge is 0.477 e. The molecular formula is C14H6F7NO2. The van der Waals surface area contributed by atoms with E-state index in [9.17, 15) is 35.5 Å². The van der Waals surface area contributed by atoms with Crippen LogP contribution in [0.4, 0.5) is 36.4 Å². The number of hydrogen-bond acceptors (Lipinski definition) is 2. The first kappa shape index (κ1) is 17.6. The van der Waals surface area contributed by atoms with Gasteiger partial charge >= 0.3 is 0 Å². The predicted molar refractivity (Wildman–Crippen MR) is 66.7 cm³/mol. The molecule has 2 aromatic carbocycles. The van der Waals surface area contributed by atoms with Gasteiger partial charge in [-0.25, -0.2) is 22.0 Å². The van der Waals surface area contributed by atoms with E-state index in [4.69, 9.17) is 0 Å². The Hall–Kier alpha value is -2.78. The van der Waals surface area contributed by atoms with Gasteiger partial charge in [-0.3, -0.25) is 4.79 Å². The Morgan fingerprint density at radius 3 is 1.96 bits per heavy atom. The van der Waals surface area contributed by atoms with Crippen LogP contribution < -0.4 is 10.1 Å². The first-order valence-corrected chi connectivity index (χ1v) is 6.11. The van der Waals surface area contributed by atoms with E-state index >= 15 is 0 Å². The van der Waals surface area contributed by atoms with Crippen LogP contribution in [0.3, 0.4) is 0 Å². The molecule has 0 saturated heterocycles. The summed E-state index contributed by atoms with van der Waals surface area (Å²) in [6.45, 7) is -1.19.